The molecule has 0 unspecified atom stereocenters. The molecule has 3 aliphatic rings. The van der Waals surface area contributed by atoms with Gasteiger partial charge in [0.1, 0.15) is 42.3 Å². The Labute approximate surface area is 286 Å². The van der Waals surface area contributed by atoms with E-state index in [1.807, 2.05) is 24.3 Å². The summed E-state index contributed by atoms with van der Waals surface area (Å²) in [6.45, 7) is 5.77. The molecule has 3 aliphatic heterocycles. The van der Waals surface area contributed by atoms with Crippen LogP contribution in [-0.2, 0) is 40.0 Å². The Morgan fingerprint density at radius 1 is 0.755 bits per heavy atom. The number of carbonyl (C=O) groups excluding carboxylic acids is 7. The van der Waals surface area contributed by atoms with Crippen LogP contribution in [0.15, 0.2) is 29.3 Å². The molecule has 4 heterocycles. The van der Waals surface area contributed by atoms with Crippen LogP contribution in [0.1, 0.15) is 46.1 Å². The smallest absolute Gasteiger partial charge is 0.246 e. The summed E-state index contributed by atoms with van der Waals surface area (Å²) in [5, 5.41) is 27.7. The summed E-state index contributed by atoms with van der Waals surface area (Å²) in [6.07, 6.45) is -1.02. The van der Waals surface area contributed by atoms with Gasteiger partial charge in [-0.15, -0.1) is 11.8 Å². The number of carbonyl (C=O) groups is 7. The molecule has 0 aliphatic carbocycles. The molecule has 2 aromatic rings. The van der Waals surface area contributed by atoms with Crippen LogP contribution in [0.4, 0.5) is 0 Å². The average molecular weight is 699 g/mol. The second kappa shape index (κ2) is 14.9. The number of aromatic nitrogens is 1. The second-order valence-corrected chi connectivity index (χ2v) is 13.7. The molecule has 49 heavy (non-hydrogen) atoms. The Balaban J connectivity index is 1.65. The van der Waals surface area contributed by atoms with Gasteiger partial charge in [0.2, 0.25) is 41.4 Å². The predicted octanol–water partition coefficient (Wildman–Crippen LogP) is -1.83. The summed E-state index contributed by atoms with van der Waals surface area (Å²) in [5.41, 5.74) is 1.37. The molecule has 17 heteroatoms. The number of aliphatic hydroxyl groups excluding tert-OH is 1. The second-order valence-electron chi connectivity index (χ2n) is 12.7. The Morgan fingerprint density at radius 2 is 1.35 bits per heavy atom. The van der Waals surface area contributed by atoms with Crippen LogP contribution in [-0.4, -0.2) is 117 Å². The third-order valence-corrected chi connectivity index (χ3v) is 10.1. The zero-order chi connectivity index (χ0) is 35.6. The van der Waals surface area contributed by atoms with Crippen molar-refractivity contribution in [3.05, 3.63) is 29.8 Å². The van der Waals surface area contributed by atoms with Crippen molar-refractivity contribution in [1.82, 2.24) is 41.8 Å². The molecule has 1 aromatic carbocycles. The van der Waals surface area contributed by atoms with Gasteiger partial charge in [-0.3, -0.25) is 33.6 Å². The highest BCUT2D eigenvalue weighted by Gasteiger charge is 2.43. The molecule has 16 nitrogen and oxygen atoms in total. The summed E-state index contributed by atoms with van der Waals surface area (Å²) in [7, 11) is 0. The molecule has 1 saturated heterocycles. The highest BCUT2D eigenvalue weighted by molar-refractivity contribution is 7.99. The van der Waals surface area contributed by atoms with E-state index < -0.39 is 89.7 Å². The van der Waals surface area contributed by atoms with E-state index in [1.54, 1.807) is 6.92 Å². The van der Waals surface area contributed by atoms with Crippen LogP contribution in [0.2, 0.25) is 0 Å². The quantitative estimate of drug-likeness (QED) is 0.167. The number of hydrogen-bond acceptors (Lipinski definition) is 9. The van der Waals surface area contributed by atoms with Crippen LogP contribution in [0.5, 0.6) is 0 Å². The van der Waals surface area contributed by atoms with E-state index in [-0.39, 0.29) is 31.6 Å². The third kappa shape index (κ3) is 7.83. The molecule has 8 N–H and O–H groups in total. The fourth-order valence-corrected chi connectivity index (χ4v) is 7.25. The predicted molar refractivity (Wildman–Crippen MR) is 178 cm³/mol. The number of aromatic amines is 1. The molecule has 7 amide bonds. The van der Waals surface area contributed by atoms with Crippen LogP contribution >= 0.6 is 11.8 Å². The number of rotatable bonds is 1. The first kappa shape index (κ1) is 35.7. The molecule has 1 aromatic heterocycles. The van der Waals surface area contributed by atoms with Gasteiger partial charge >= 0.3 is 0 Å². The van der Waals surface area contributed by atoms with E-state index >= 15 is 0 Å². The monoisotopic (exact) mass is 698 g/mol. The maximum atomic E-state index is 14.2. The van der Waals surface area contributed by atoms with Gasteiger partial charge in [-0.1, -0.05) is 25.1 Å². The van der Waals surface area contributed by atoms with Crippen molar-refractivity contribution in [1.29, 1.82) is 0 Å². The molecule has 0 saturated carbocycles. The van der Waals surface area contributed by atoms with Gasteiger partial charge in [-0.25, -0.2) is 0 Å². The standard InChI is InChI=1S/C32H42N8O8S/c1-5-20-28(45)38-23-13-49-31-19(18-8-6-7-9-21(18)39-31)11-22(29(46)34-14(2)25(42)33-15(3)26(43)36-20)37-27(44)16(4)35-30(47)24-10-17(41)12-40(24)32(23)48/h6-9,14-17,20,22-24,39,41H,5,10-13H2,1-4H3,(H,33,42)(H,34,46)(H,35,47)(H,36,43)(H,37,44)(H,38,45)/t14-,15-,16-,17-,20+,22-,23-,24-/m0/s1. The van der Waals surface area contributed by atoms with Crippen LogP contribution in [0.3, 0.4) is 0 Å². The van der Waals surface area contributed by atoms with Gasteiger partial charge in [-0.2, -0.15) is 0 Å². The summed E-state index contributed by atoms with van der Waals surface area (Å²) in [6, 6.07) is -0.725. The number of fused-ring (bicyclic) bond motifs is 5. The topological polar surface area (TPSA) is 231 Å². The zero-order valence-corrected chi connectivity index (χ0v) is 28.4. The number of nitrogens with zero attached hydrogens (tertiary/aromatic N) is 1. The Hall–Kier alpha value is -4.64. The van der Waals surface area contributed by atoms with Crippen molar-refractivity contribution >= 4 is 64.0 Å². The summed E-state index contributed by atoms with van der Waals surface area (Å²) < 4.78 is 0. The van der Waals surface area contributed by atoms with Crippen molar-refractivity contribution in [2.75, 3.05) is 12.3 Å². The van der Waals surface area contributed by atoms with E-state index in [0.29, 0.717) is 10.6 Å². The molecule has 2 bridgehead atoms. The number of benzene rings is 1. The Kier molecular flexibility index (Phi) is 10.8. The normalized spacial score (nSPS) is 31.0. The Morgan fingerprint density at radius 3 is 2.04 bits per heavy atom. The maximum absolute atomic E-state index is 14.2. The molecular weight excluding hydrogens is 656 g/mol. The zero-order valence-electron chi connectivity index (χ0n) is 27.6. The summed E-state index contributed by atoms with van der Waals surface area (Å²) in [4.78, 5) is 99.3. The van der Waals surface area contributed by atoms with Crippen molar-refractivity contribution in [2.45, 2.75) is 100 Å². The summed E-state index contributed by atoms with van der Waals surface area (Å²) >= 11 is 1.20. The largest absolute Gasteiger partial charge is 0.391 e. The molecule has 0 radical (unpaired) electrons. The molecule has 264 valence electrons. The first-order chi connectivity index (χ1) is 23.3. The Bertz CT molecular complexity index is 1660. The van der Waals surface area contributed by atoms with E-state index in [0.717, 1.165) is 10.9 Å². The maximum Gasteiger partial charge on any atom is 0.246 e. The van der Waals surface area contributed by atoms with Crippen LogP contribution in [0, 0.1) is 0 Å². The minimum Gasteiger partial charge on any atom is -0.391 e. The third-order valence-electron chi connectivity index (χ3n) is 8.99. The first-order valence-electron chi connectivity index (χ1n) is 16.3. The van der Waals surface area contributed by atoms with E-state index in [2.05, 4.69) is 36.9 Å². The van der Waals surface area contributed by atoms with Gasteiger partial charge in [-0.05, 0) is 38.8 Å². The van der Waals surface area contributed by atoms with Gasteiger partial charge in [0, 0.05) is 36.0 Å². The molecule has 1 fully saturated rings. The summed E-state index contributed by atoms with van der Waals surface area (Å²) in [5.74, 6) is -4.74. The number of para-hydroxylation sites is 1. The number of thioether (sulfide) groups is 1. The van der Waals surface area contributed by atoms with E-state index in [9.17, 15) is 38.7 Å². The molecular formula is C32H42N8O8S. The number of hydrogen-bond donors (Lipinski definition) is 8. The highest BCUT2D eigenvalue weighted by Crippen LogP contribution is 2.32. The molecule has 8 atom stereocenters. The minimum absolute atomic E-state index is 0.0289. The number of aliphatic hydroxyl groups is 1. The lowest BCUT2D eigenvalue weighted by Gasteiger charge is -2.30. The SMILES string of the molecule is CC[C@H]1NC(=O)[C@H](C)NC(=O)[C@H](C)NC(=O)[C@@H]2Cc3c([nH]c4ccccc34)SC[C@H](NC1=O)C(=O)N1C[C@@H](O)C[C@H]1C(=O)N[C@@H](C)C(=O)N2. The van der Waals surface area contributed by atoms with Crippen molar-refractivity contribution in [2.24, 2.45) is 0 Å². The number of nitrogens with one attached hydrogen (secondary N) is 7. The van der Waals surface area contributed by atoms with E-state index in [4.69, 9.17) is 0 Å². The van der Waals surface area contributed by atoms with Crippen molar-refractivity contribution < 1.29 is 38.7 Å². The van der Waals surface area contributed by atoms with Gasteiger partial charge < -0.3 is 46.9 Å². The van der Waals surface area contributed by atoms with Crippen LogP contribution in [0.25, 0.3) is 10.9 Å². The van der Waals surface area contributed by atoms with Crippen molar-refractivity contribution in [3.8, 4) is 0 Å². The van der Waals surface area contributed by atoms with Gasteiger partial charge in [0.05, 0.1) is 11.1 Å². The van der Waals surface area contributed by atoms with Crippen molar-refractivity contribution in [3.63, 3.8) is 0 Å². The molecule has 0 spiro atoms. The fourth-order valence-electron chi connectivity index (χ4n) is 6.14. The number of amides is 7. The van der Waals surface area contributed by atoms with Crippen LogP contribution < -0.4 is 31.9 Å². The minimum atomic E-state index is -1.22. The first-order valence-corrected chi connectivity index (χ1v) is 17.3. The van der Waals surface area contributed by atoms with Gasteiger partial charge in [0.25, 0.3) is 0 Å². The van der Waals surface area contributed by atoms with Gasteiger partial charge in [0.15, 0.2) is 0 Å². The lowest BCUT2D eigenvalue weighted by atomic mass is 10.0. The molecule has 5 rings (SSSR count). The lowest BCUT2D eigenvalue weighted by molar-refractivity contribution is -0.142. The van der Waals surface area contributed by atoms with E-state index in [1.165, 1.54) is 37.4 Å². The highest BCUT2D eigenvalue weighted by atomic mass is 32.2. The fraction of sp³-hybridized carbons (Fsp3) is 0.531. The average Bonchev–Trinajstić information content (AvgIpc) is 3.63. The lowest BCUT2D eigenvalue weighted by Crippen LogP contribution is -2.59. The number of H-pyrrole nitrogens is 1.